The number of pyridine rings is 1. The molecule has 3 heteroatoms. The monoisotopic (exact) mass is 248 g/mol. The summed E-state index contributed by atoms with van der Waals surface area (Å²) in [4.78, 5) is 6.80. The SMILES string of the molecule is Cc1cccc(CN(C)CC2CCCCC2O)n1. The van der Waals surface area contributed by atoms with Crippen LogP contribution in [0.25, 0.3) is 0 Å². The van der Waals surface area contributed by atoms with Gasteiger partial charge in [0.05, 0.1) is 11.8 Å². The Morgan fingerprint density at radius 2 is 2.11 bits per heavy atom. The Kier molecular flexibility index (Phi) is 4.72. The van der Waals surface area contributed by atoms with Gasteiger partial charge >= 0.3 is 0 Å². The molecule has 0 amide bonds. The Balaban J connectivity index is 1.86. The summed E-state index contributed by atoms with van der Waals surface area (Å²) in [6.45, 7) is 3.86. The molecular formula is C15H24N2O. The quantitative estimate of drug-likeness (QED) is 0.888. The summed E-state index contributed by atoms with van der Waals surface area (Å²) >= 11 is 0. The lowest BCUT2D eigenvalue weighted by atomic mass is 9.86. The largest absolute Gasteiger partial charge is 0.393 e. The lowest BCUT2D eigenvalue weighted by Gasteiger charge is -2.31. The van der Waals surface area contributed by atoms with E-state index in [4.69, 9.17) is 0 Å². The first-order valence-electron chi connectivity index (χ1n) is 6.94. The maximum atomic E-state index is 9.99. The number of hydrogen-bond donors (Lipinski definition) is 1. The van der Waals surface area contributed by atoms with Gasteiger partial charge in [0.1, 0.15) is 0 Å². The fraction of sp³-hybridized carbons (Fsp3) is 0.667. The van der Waals surface area contributed by atoms with Crippen LogP contribution in [0.5, 0.6) is 0 Å². The van der Waals surface area contributed by atoms with Crippen molar-refractivity contribution in [1.82, 2.24) is 9.88 Å². The fourth-order valence-electron chi connectivity index (χ4n) is 2.83. The fourth-order valence-corrected chi connectivity index (χ4v) is 2.83. The summed E-state index contributed by atoms with van der Waals surface area (Å²) in [5.41, 5.74) is 2.18. The molecule has 0 aromatic carbocycles. The maximum absolute atomic E-state index is 9.99. The van der Waals surface area contributed by atoms with Crippen LogP contribution in [0.4, 0.5) is 0 Å². The predicted octanol–water partition coefficient (Wildman–Crippen LogP) is 2.37. The van der Waals surface area contributed by atoms with Gasteiger partial charge in [-0.1, -0.05) is 18.9 Å². The Hall–Kier alpha value is -0.930. The van der Waals surface area contributed by atoms with Crippen LogP contribution in [0, 0.1) is 12.8 Å². The third-order valence-corrected chi connectivity index (χ3v) is 3.79. The number of aliphatic hydroxyl groups excluding tert-OH is 1. The van der Waals surface area contributed by atoms with Crippen molar-refractivity contribution in [2.24, 2.45) is 5.92 Å². The van der Waals surface area contributed by atoms with Crippen molar-refractivity contribution >= 4 is 0 Å². The number of rotatable bonds is 4. The van der Waals surface area contributed by atoms with Gasteiger partial charge in [0.15, 0.2) is 0 Å². The highest BCUT2D eigenvalue weighted by Crippen LogP contribution is 2.25. The van der Waals surface area contributed by atoms with Gasteiger partial charge in [-0.05, 0) is 44.9 Å². The van der Waals surface area contributed by atoms with E-state index in [1.807, 2.05) is 13.0 Å². The van der Waals surface area contributed by atoms with Gasteiger partial charge in [-0.3, -0.25) is 4.98 Å². The summed E-state index contributed by atoms with van der Waals surface area (Å²) in [5.74, 6) is 0.438. The first-order chi connectivity index (χ1) is 8.65. The number of hydrogen-bond acceptors (Lipinski definition) is 3. The van der Waals surface area contributed by atoms with Crippen molar-refractivity contribution in [2.75, 3.05) is 13.6 Å². The molecule has 1 aromatic rings. The Morgan fingerprint density at radius 1 is 1.33 bits per heavy atom. The Morgan fingerprint density at radius 3 is 2.83 bits per heavy atom. The summed E-state index contributed by atoms with van der Waals surface area (Å²) in [6.07, 6.45) is 4.47. The molecular weight excluding hydrogens is 224 g/mol. The average Bonchev–Trinajstić information content (AvgIpc) is 2.32. The van der Waals surface area contributed by atoms with E-state index in [1.165, 1.54) is 12.8 Å². The molecule has 2 unspecified atom stereocenters. The van der Waals surface area contributed by atoms with Crippen LogP contribution >= 0.6 is 0 Å². The smallest absolute Gasteiger partial charge is 0.0580 e. The number of aliphatic hydroxyl groups is 1. The van der Waals surface area contributed by atoms with E-state index in [1.54, 1.807) is 0 Å². The molecule has 1 fully saturated rings. The second-order valence-electron chi connectivity index (χ2n) is 5.58. The van der Waals surface area contributed by atoms with Gasteiger partial charge in [0, 0.05) is 18.8 Å². The third kappa shape index (κ3) is 3.79. The summed E-state index contributed by atoms with van der Waals surface area (Å²) in [6, 6.07) is 6.15. The van der Waals surface area contributed by atoms with Crippen molar-refractivity contribution in [2.45, 2.75) is 45.3 Å². The van der Waals surface area contributed by atoms with E-state index in [-0.39, 0.29) is 6.10 Å². The van der Waals surface area contributed by atoms with Gasteiger partial charge < -0.3 is 10.0 Å². The number of aromatic nitrogens is 1. The lowest BCUT2D eigenvalue weighted by Crippen LogP contribution is -2.34. The molecule has 0 bridgehead atoms. The molecule has 1 aliphatic carbocycles. The molecule has 2 rings (SSSR count). The molecule has 1 N–H and O–H groups in total. The highest BCUT2D eigenvalue weighted by atomic mass is 16.3. The van der Waals surface area contributed by atoms with Crippen LogP contribution in [0.3, 0.4) is 0 Å². The van der Waals surface area contributed by atoms with Crippen LogP contribution in [-0.2, 0) is 6.54 Å². The van der Waals surface area contributed by atoms with E-state index in [2.05, 4.69) is 29.1 Å². The van der Waals surface area contributed by atoms with E-state index < -0.39 is 0 Å². The molecule has 1 heterocycles. The molecule has 0 spiro atoms. The minimum Gasteiger partial charge on any atom is -0.393 e. The highest BCUT2D eigenvalue weighted by Gasteiger charge is 2.24. The summed E-state index contributed by atoms with van der Waals surface area (Å²) in [5, 5.41) is 9.99. The maximum Gasteiger partial charge on any atom is 0.0580 e. The zero-order valence-corrected chi connectivity index (χ0v) is 11.5. The molecule has 0 radical (unpaired) electrons. The van der Waals surface area contributed by atoms with Crippen LogP contribution in [0.15, 0.2) is 18.2 Å². The first-order valence-corrected chi connectivity index (χ1v) is 6.94. The average molecular weight is 248 g/mol. The summed E-state index contributed by atoms with van der Waals surface area (Å²) in [7, 11) is 2.12. The normalized spacial score (nSPS) is 24.4. The van der Waals surface area contributed by atoms with E-state index >= 15 is 0 Å². The van der Waals surface area contributed by atoms with Crippen molar-refractivity contribution in [3.63, 3.8) is 0 Å². The van der Waals surface area contributed by atoms with Crippen LogP contribution in [-0.4, -0.2) is 34.7 Å². The second kappa shape index (κ2) is 6.30. The van der Waals surface area contributed by atoms with Gasteiger partial charge in [0.25, 0.3) is 0 Å². The molecule has 1 aliphatic rings. The van der Waals surface area contributed by atoms with Crippen molar-refractivity contribution in [3.8, 4) is 0 Å². The molecule has 1 aromatic heterocycles. The Bertz CT molecular complexity index is 381. The Labute approximate surface area is 110 Å². The molecule has 0 aliphatic heterocycles. The number of nitrogens with zero attached hydrogens (tertiary/aromatic N) is 2. The van der Waals surface area contributed by atoms with Crippen molar-refractivity contribution in [3.05, 3.63) is 29.6 Å². The minimum atomic E-state index is -0.105. The minimum absolute atomic E-state index is 0.105. The van der Waals surface area contributed by atoms with Crippen molar-refractivity contribution < 1.29 is 5.11 Å². The molecule has 3 nitrogen and oxygen atoms in total. The van der Waals surface area contributed by atoms with Gasteiger partial charge in [-0.15, -0.1) is 0 Å². The standard InChI is InChI=1S/C15H24N2O/c1-12-6-5-8-14(16-12)11-17(2)10-13-7-3-4-9-15(13)18/h5-6,8,13,15,18H,3-4,7,9-11H2,1-2H3. The van der Waals surface area contributed by atoms with E-state index in [0.29, 0.717) is 5.92 Å². The predicted molar refractivity (Wildman–Crippen MR) is 73.3 cm³/mol. The number of aryl methyl sites for hydroxylation is 1. The van der Waals surface area contributed by atoms with Crippen LogP contribution in [0.2, 0.25) is 0 Å². The van der Waals surface area contributed by atoms with Crippen molar-refractivity contribution in [1.29, 1.82) is 0 Å². The molecule has 2 atom stereocenters. The van der Waals surface area contributed by atoms with Crippen LogP contribution < -0.4 is 0 Å². The lowest BCUT2D eigenvalue weighted by molar-refractivity contribution is 0.0499. The summed E-state index contributed by atoms with van der Waals surface area (Å²) < 4.78 is 0. The molecule has 18 heavy (non-hydrogen) atoms. The van der Waals surface area contributed by atoms with Gasteiger partial charge in [0.2, 0.25) is 0 Å². The zero-order chi connectivity index (χ0) is 13.0. The van der Waals surface area contributed by atoms with Crippen LogP contribution in [0.1, 0.15) is 37.1 Å². The second-order valence-corrected chi connectivity index (χ2v) is 5.58. The van der Waals surface area contributed by atoms with E-state index in [9.17, 15) is 5.11 Å². The molecule has 1 saturated carbocycles. The third-order valence-electron chi connectivity index (χ3n) is 3.79. The van der Waals surface area contributed by atoms with E-state index in [0.717, 1.165) is 37.3 Å². The van der Waals surface area contributed by atoms with Gasteiger partial charge in [-0.25, -0.2) is 0 Å². The van der Waals surface area contributed by atoms with Gasteiger partial charge in [-0.2, -0.15) is 0 Å². The molecule has 0 saturated heterocycles. The molecule has 100 valence electrons. The topological polar surface area (TPSA) is 36.4 Å². The first kappa shape index (κ1) is 13.5. The highest BCUT2D eigenvalue weighted by molar-refractivity contribution is 5.09. The zero-order valence-electron chi connectivity index (χ0n) is 11.5.